The molecule has 0 radical (unpaired) electrons. The maximum atomic E-state index is 12.4. The van der Waals surface area contributed by atoms with Crippen LogP contribution >= 0.6 is 0 Å². The highest BCUT2D eigenvalue weighted by Gasteiger charge is 2.15. The summed E-state index contributed by atoms with van der Waals surface area (Å²) >= 11 is 0. The number of aromatic hydroxyl groups is 1. The molecule has 1 amide bonds. The smallest absolute Gasteiger partial charge is 0.340 e. The van der Waals surface area contributed by atoms with Crippen LogP contribution in [0.3, 0.4) is 0 Å². The monoisotopic (exact) mass is 396 g/mol. The fourth-order valence-electron chi connectivity index (χ4n) is 2.93. The van der Waals surface area contributed by atoms with E-state index in [9.17, 15) is 14.7 Å². The Balaban J connectivity index is 1.68. The van der Waals surface area contributed by atoms with E-state index in [4.69, 9.17) is 9.15 Å². The Morgan fingerprint density at radius 2 is 1.90 bits per heavy atom. The number of nitrogens with one attached hydrogen (secondary N) is 1. The van der Waals surface area contributed by atoms with Crippen molar-refractivity contribution in [2.24, 2.45) is 0 Å². The SMILES string of the molecule is Cc1c(CC(=O)Nc2ccc(OCCN(C)C)cc2)c(=O)oc2cc(O)ccc12. The van der Waals surface area contributed by atoms with Crippen molar-refractivity contribution in [1.29, 1.82) is 0 Å². The van der Waals surface area contributed by atoms with Crippen molar-refractivity contribution in [3.05, 3.63) is 64.0 Å². The first kappa shape index (κ1) is 20.4. The van der Waals surface area contributed by atoms with Crippen LogP contribution in [-0.4, -0.2) is 43.2 Å². The molecule has 0 aliphatic rings. The fraction of sp³-hybridized carbons (Fsp3) is 0.273. The normalized spacial score (nSPS) is 11.0. The summed E-state index contributed by atoms with van der Waals surface area (Å²) in [7, 11) is 3.95. The number of ether oxygens (including phenoxy) is 1. The summed E-state index contributed by atoms with van der Waals surface area (Å²) in [5.41, 5.74) is 1.28. The second-order valence-corrected chi connectivity index (χ2v) is 7.07. The van der Waals surface area contributed by atoms with Gasteiger partial charge in [0.2, 0.25) is 5.91 Å². The van der Waals surface area contributed by atoms with Gasteiger partial charge in [-0.25, -0.2) is 4.79 Å². The Morgan fingerprint density at radius 3 is 2.59 bits per heavy atom. The predicted molar refractivity (Wildman–Crippen MR) is 112 cm³/mol. The van der Waals surface area contributed by atoms with Crippen LogP contribution < -0.4 is 15.7 Å². The van der Waals surface area contributed by atoms with Crippen LogP contribution in [0.2, 0.25) is 0 Å². The minimum atomic E-state index is -0.583. The van der Waals surface area contributed by atoms with Gasteiger partial charge in [-0.3, -0.25) is 4.79 Å². The molecule has 3 rings (SSSR count). The molecule has 7 heteroatoms. The number of phenolic OH excluding ortho intramolecular Hbond substituents is 1. The number of hydrogen-bond acceptors (Lipinski definition) is 6. The molecule has 0 bridgehead atoms. The second-order valence-electron chi connectivity index (χ2n) is 7.07. The molecule has 0 saturated carbocycles. The summed E-state index contributed by atoms with van der Waals surface area (Å²) < 4.78 is 10.9. The van der Waals surface area contributed by atoms with Gasteiger partial charge in [0.1, 0.15) is 23.7 Å². The zero-order valence-electron chi connectivity index (χ0n) is 16.7. The van der Waals surface area contributed by atoms with Crippen molar-refractivity contribution in [3.8, 4) is 11.5 Å². The average molecular weight is 396 g/mol. The van der Waals surface area contributed by atoms with Crippen molar-refractivity contribution >= 4 is 22.6 Å². The number of benzene rings is 2. The summed E-state index contributed by atoms with van der Waals surface area (Å²) in [5, 5.41) is 13.0. The maximum absolute atomic E-state index is 12.4. The third-order valence-electron chi connectivity index (χ3n) is 4.55. The minimum Gasteiger partial charge on any atom is -0.508 e. The number of rotatable bonds is 7. The summed E-state index contributed by atoms with van der Waals surface area (Å²) in [6, 6.07) is 11.6. The predicted octanol–water partition coefficient (Wildman–Crippen LogP) is 2.93. The minimum absolute atomic E-state index is 0.0136. The molecule has 0 aliphatic carbocycles. The van der Waals surface area contributed by atoms with Gasteiger partial charge < -0.3 is 24.5 Å². The van der Waals surface area contributed by atoms with Gasteiger partial charge in [-0.05, 0) is 63.0 Å². The van der Waals surface area contributed by atoms with Gasteiger partial charge in [0.25, 0.3) is 0 Å². The molecule has 0 fully saturated rings. The lowest BCUT2D eigenvalue weighted by atomic mass is 10.0. The van der Waals surface area contributed by atoms with Crippen LogP contribution in [0.5, 0.6) is 11.5 Å². The lowest BCUT2D eigenvalue weighted by Crippen LogP contribution is -2.20. The summed E-state index contributed by atoms with van der Waals surface area (Å²) in [4.78, 5) is 26.8. The van der Waals surface area contributed by atoms with Crippen molar-refractivity contribution in [3.63, 3.8) is 0 Å². The first-order chi connectivity index (χ1) is 13.8. The molecule has 2 N–H and O–H groups in total. The highest BCUT2D eigenvalue weighted by Crippen LogP contribution is 2.24. The quantitative estimate of drug-likeness (QED) is 0.597. The standard InChI is InChI=1S/C22H24N2O5/c1-14-18-9-6-16(25)12-20(18)29-22(27)19(14)13-21(26)23-15-4-7-17(8-5-15)28-11-10-24(2)3/h4-9,12,25H,10-11,13H2,1-3H3,(H,23,26). The fourth-order valence-corrected chi connectivity index (χ4v) is 2.93. The Morgan fingerprint density at radius 1 is 1.17 bits per heavy atom. The van der Waals surface area contributed by atoms with Crippen LogP contribution in [-0.2, 0) is 11.2 Å². The topological polar surface area (TPSA) is 92.0 Å². The third-order valence-corrected chi connectivity index (χ3v) is 4.55. The molecule has 3 aromatic rings. The molecule has 0 unspecified atom stereocenters. The average Bonchev–Trinajstić information content (AvgIpc) is 2.66. The van der Waals surface area contributed by atoms with Gasteiger partial charge in [0.15, 0.2) is 0 Å². The van der Waals surface area contributed by atoms with E-state index in [1.807, 2.05) is 19.0 Å². The molecule has 7 nitrogen and oxygen atoms in total. The Hall–Kier alpha value is -3.32. The number of anilines is 1. The Labute approximate surface area is 168 Å². The van der Waals surface area contributed by atoms with E-state index in [0.717, 1.165) is 12.3 Å². The first-order valence-corrected chi connectivity index (χ1v) is 9.26. The molecule has 2 aromatic carbocycles. The number of carbonyl (C=O) groups excluding carboxylic acids is 1. The van der Waals surface area contributed by atoms with E-state index in [2.05, 4.69) is 5.32 Å². The lowest BCUT2D eigenvalue weighted by Gasteiger charge is -2.12. The van der Waals surface area contributed by atoms with Crippen LogP contribution in [0.4, 0.5) is 5.69 Å². The molecule has 1 aromatic heterocycles. The molecule has 0 atom stereocenters. The molecule has 0 saturated heterocycles. The number of fused-ring (bicyclic) bond motifs is 1. The second kappa shape index (κ2) is 8.79. The van der Waals surface area contributed by atoms with E-state index in [1.165, 1.54) is 12.1 Å². The van der Waals surface area contributed by atoms with Crippen LogP contribution in [0, 0.1) is 6.92 Å². The van der Waals surface area contributed by atoms with Crippen LogP contribution in [0.1, 0.15) is 11.1 Å². The highest BCUT2D eigenvalue weighted by atomic mass is 16.5. The zero-order valence-corrected chi connectivity index (χ0v) is 16.7. The number of nitrogens with zero attached hydrogens (tertiary/aromatic N) is 1. The van der Waals surface area contributed by atoms with E-state index >= 15 is 0 Å². The molecule has 1 heterocycles. The molecular formula is C22H24N2O5. The van der Waals surface area contributed by atoms with Crippen molar-refractivity contribution in [2.75, 3.05) is 32.6 Å². The van der Waals surface area contributed by atoms with Gasteiger partial charge in [-0.15, -0.1) is 0 Å². The van der Waals surface area contributed by atoms with Gasteiger partial charge >= 0.3 is 5.63 Å². The number of phenols is 1. The van der Waals surface area contributed by atoms with E-state index < -0.39 is 5.63 Å². The summed E-state index contributed by atoms with van der Waals surface area (Å²) in [5.74, 6) is 0.415. The van der Waals surface area contributed by atoms with Crippen LogP contribution in [0.15, 0.2) is 51.7 Å². The summed E-state index contributed by atoms with van der Waals surface area (Å²) in [6.45, 7) is 3.15. The van der Waals surface area contributed by atoms with Gasteiger partial charge in [-0.1, -0.05) is 0 Å². The van der Waals surface area contributed by atoms with E-state index in [-0.39, 0.29) is 18.1 Å². The summed E-state index contributed by atoms with van der Waals surface area (Å²) in [6.07, 6.45) is -0.105. The van der Waals surface area contributed by atoms with Gasteiger partial charge in [0, 0.05) is 23.7 Å². The Kier molecular flexibility index (Phi) is 6.19. The van der Waals surface area contributed by atoms with Crippen molar-refractivity contribution in [2.45, 2.75) is 13.3 Å². The first-order valence-electron chi connectivity index (χ1n) is 9.26. The molecule has 152 valence electrons. The third kappa shape index (κ3) is 5.14. The number of carbonyl (C=O) groups is 1. The largest absolute Gasteiger partial charge is 0.508 e. The highest BCUT2D eigenvalue weighted by molar-refractivity contribution is 5.93. The van der Waals surface area contributed by atoms with Gasteiger partial charge in [0.05, 0.1) is 12.0 Å². The van der Waals surface area contributed by atoms with Gasteiger partial charge in [-0.2, -0.15) is 0 Å². The van der Waals surface area contributed by atoms with E-state index in [1.54, 1.807) is 37.3 Å². The van der Waals surface area contributed by atoms with Crippen LogP contribution in [0.25, 0.3) is 11.0 Å². The molecule has 0 aliphatic heterocycles. The molecule has 0 spiro atoms. The lowest BCUT2D eigenvalue weighted by molar-refractivity contribution is -0.115. The molecular weight excluding hydrogens is 372 g/mol. The Bertz CT molecular complexity index is 1070. The van der Waals surface area contributed by atoms with Crippen molar-refractivity contribution in [1.82, 2.24) is 4.90 Å². The number of likely N-dealkylation sites (N-methyl/N-ethyl adjacent to an activating group) is 1. The van der Waals surface area contributed by atoms with Crippen molar-refractivity contribution < 1.29 is 19.1 Å². The maximum Gasteiger partial charge on any atom is 0.340 e. The van der Waals surface area contributed by atoms with E-state index in [0.29, 0.717) is 34.4 Å². The number of hydrogen-bond donors (Lipinski definition) is 2. The number of aryl methyl sites for hydroxylation is 1. The zero-order chi connectivity index (χ0) is 21.0. The molecule has 29 heavy (non-hydrogen) atoms. The number of amides is 1.